The number of hydrogen-bond donors (Lipinski definition) is 1. The molecule has 0 saturated carbocycles. The predicted molar refractivity (Wildman–Crippen MR) is 118 cm³/mol. The van der Waals surface area contributed by atoms with Gasteiger partial charge in [-0.25, -0.2) is 0 Å². The molecule has 0 bridgehead atoms. The Bertz CT molecular complexity index is 742. The number of nitrogens with zero attached hydrogens (tertiary/aromatic N) is 6. The van der Waals surface area contributed by atoms with Crippen molar-refractivity contribution in [2.75, 3.05) is 44.2 Å². The number of halogens is 1. The summed E-state index contributed by atoms with van der Waals surface area (Å²) in [6.45, 7) is 7.65. The molecule has 0 aliphatic carbocycles. The first-order chi connectivity index (χ1) is 12.7. The van der Waals surface area contributed by atoms with Gasteiger partial charge in [0, 0.05) is 32.7 Å². The summed E-state index contributed by atoms with van der Waals surface area (Å²) in [4.78, 5) is 19.6. The molecule has 3 rings (SSSR count). The van der Waals surface area contributed by atoms with Crippen molar-refractivity contribution >= 4 is 52.0 Å². The Hall–Kier alpha value is -1.89. The van der Waals surface area contributed by atoms with Gasteiger partial charge in [0.15, 0.2) is 5.96 Å². The molecule has 1 N–H and O–H groups in total. The Morgan fingerprint density at radius 3 is 2.78 bits per heavy atom. The summed E-state index contributed by atoms with van der Waals surface area (Å²) in [5.41, 5.74) is 0.00517. The third-order valence-electron chi connectivity index (χ3n) is 4.15. The molecule has 0 radical (unpaired) electrons. The van der Waals surface area contributed by atoms with Gasteiger partial charge in [-0.2, -0.15) is 5.10 Å². The van der Waals surface area contributed by atoms with E-state index in [1.54, 1.807) is 16.0 Å². The lowest BCUT2D eigenvalue weighted by atomic mass is 10.3. The van der Waals surface area contributed by atoms with E-state index in [9.17, 15) is 10.1 Å². The lowest BCUT2D eigenvalue weighted by molar-refractivity contribution is -0.385. The highest BCUT2D eigenvalue weighted by Crippen LogP contribution is 2.22. The average molecular weight is 505 g/mol. The summed E-state index contributed by atoms with van der Waals surface area (Å²) in [5, 5.41) is 21.5. The Balaban J connectivity index is 0.00000261. The molecule has 1 saturated heterocycles. The summed E-state index contributed by atoms with van der Waals surface area (Å²) in [7, 11) is 0. The molecular formula is C16H24IN7O2S. The molecule has 0 unspecified atom stereocenters. The molecule has 0 atom stereocenters. The van der Waals surface area contributed by atoms with Gasteiger partial charge < -0.3 is 15.1 Å². The van der Waals surface area contributed by atoms with Crippen LogP contribution in [-0.2, 0) is 6.54 Å². The van der Waals surface area contributed by atoms with Crippen molar-refractivity contribution in [1.82, 2.24) is 20.0 Å². The molecule has 2 aromatic rings. The zero-order valence-corrected chi connectivity index (χ0v) is 18.3. The van der Waals surface area contributed by atoms with Crippen LogP contribution in [0, 0.1) is 10.1 Å². The number of rotatable bonds is 6. The zero-order chi connectivity index (χ0) is 18.4. The number of thiophene rings is 1. The topological polar surface area (TPSA) is 91.8 Å². The quantitative estimate of drug-likeness (QED) is 0.213. The van der Waals surface area contributed by atoms with Gasteiger partial charge in [0.05, 0.1) is 23.0 Å². The van der Waals surface area contributed by atoms with Gasteiger partial charge in [-0.3, -0.25) is 19.8 Å². The largest absolute Gasteiger partial charge is 0.360 e. The van der Waals surface area contributed by atoms with Crippen molar-refractivity contribution in [3.63, 3.8) is 0 Å². The minimum absolute atomic E-state index is 0. The minimum Gasteiger partial charge on any atom is -0.360 e. The van der Waals surface area contributed by atoms with Crippen molar-refractivity contribution in [3.05, 3.63) is 40.0 Å². The van der Waals surface area contributed by atoms with E-state index >= 15 is 0 Å². The molecular weight excluding hydrogens is 481 g/mol. The fourth-order valence-corrected chi connectivity index (χ4v) is 3.63. The van der Waals surface area contributed by atoms with Crippen LogP contribution in [0.5, 0.6) is 0 Å². The van der Waals surface area contributed by atoms with Crippen LogP contribution >= 0.6 is 35.3 Å². The van der Waals surface area contributed by atoms with Crippen molar-refractivity contribution < 1.29 is 4.92 Å². The van der Waals surface area contributed by atoms with Gasteiger partial charge in [0.2, 0.25) is 0 Å². The molecule has 9 nitrogen and oxygen atoms in total. The van der Waals surface area contributed by atoms with Gasteiger partial charge in [-0.15, -0.1) is 35.3 Å². The monoisotopic (exact) mass is 505 g/mol. The number of aliphatic imine (C=N–C) groups is 1. The number of guanidine groups is 1. The molecule has 1 fully saturated rings. The van der Waals surface area contributed by atoms with Gasteiger partial charge in [0.1, 0.15) is 12.4 Å². The third-order valence-corrected chi connectivity index (χ3v) is 5.08. The van der Waals surface area contributed by atoms with E-state index in [1.165, 1.54) is 17.4 Å². The maximum Gasteiger partial charge on any atom is 0.306 e. The van der Waals surface area contributed by atoms with E-state index in [1.807, 2.05) is 6.92 Å². The van der Waals surface area contributed by atoms with Crippen LogP contribution in [-0.4, -0.2) is 64.8 Å². The SMILES string of the molecule is CCNC(=NCCn1cc([N+](=O)[O-])cn1)N1CCN(c2cccs2)CC1.I. The highest BCUT2D eigenvalue weighted by Gasteiger charge is 2.20. The standard InChI is InChI=1S/C16H23N7O2S.HI/c1-2-17-16(18-5-6-22-13-14(12-19-22)23(24)25)21-9-7-20(8-10-21)15-4-3-11-26-15;/h3-4,11-13H,2,5-10H2,1H3,(H,17,18);1H. The predicted octanol–water partition coefficient (Wildman–Crippen LogP) is 2.26. The number of piperazine rings is 1. The molecule has 0 amide bonds. The molecule has 148 valence electrons. The third kappa shape index (κ3) is 5.79. The van der Waals surface area contributed by atoms with Crippen LogP contribution in [0.15, 0.2) is 34.9 Å². The maximum absolute atomic E-state index is 10.7. The summed E-state index contributed by atoms with van der Waals surface area (Å²) < 4.78 is 1.56. The fourth-order valence-electron chi connectivity index (χ4n) is 2.84. The van der Waals surface area contributed by atoms with Crippen molar-refractivity contribution in [1.29, 1.82) is 0 Å². The van der Waals surface area contributed by atoms with E-state index in [0.717, 1.165) is 38.7 Å². The van der Waals surface area contributed by atoms with Crippen LogP contribution in [0.4, 0.5) is 10.7 Å². The van der Waals surface area contributed by atoms with Crippen LogP contribution in [0.2, 0.25) is 0 Å². The molecule has 0 aromatic carbocycles. The second kappa shape index (κ2) is 10.4. The highest BCUT2D eigenvalue weighted by atomic mass is 127. The fraction of sp³-hybridized carbons (Fsp3) is 0.500. The van der Waals surface area contributed by atoms with Crippen molar-refractivity contribution in [2.24, 2.45) is 4.99 Å². The number of hydrogen-bond acceptors (Lipinski definition) is 6. The first kappa shape index (κ1) is 21.4. The van der Waals surface area contributed by atoms with E-state index in [2.05, 4.69) is 42.7 Å². The Morgan fingerprint density at radius 1 is 1.41 bits per heavy atom. The van der Waals surface area contributed by atoms with Crippen LogP contribution in [0.1, 0.15) is 6.92 Å². The minimum atomic E-state index is -0.441. The van der Waals surface area contributed by atoms with Crippen LogP contribution in [0.3, 0.4) is 0 Å². The van der Waals surface area contributed by atoms with Crippen molar-refractivity contribution in [3.8, 4) is 0 Å². The molecule has 1 aliphatic rings. The molecule has 1 aliphatic heterocycles. The second-order valence-electron chi connectivity index (χ2n) is 5.88. The Morgan fingerprint density at radius 2 is 2.19 bits per heavy atom. The normalized spacial score (nSPS) is 14.8. The van der Waals surface area contributed by atoms with E-state index in [0.29, 0.717) is 13.1 Å². The first-order valence-corrected chi connectivity index (χ1v) is 9.54. The van der Waals surface area contributed by atoms with Crippen LogP contribution < -0.4 is 10.2 Å². The molecule has 3 heterocycles. The average Bonchev–Trinajstić information content (AvgIpc) is 3.33. The number of nitro groups is 1. The van der Waals surface area contributed by atoms with Crippen molar-refractivity contribution in [2.45, 2.75) is 13.5 Å². The summed E-state index contributed by atoms with van der Waals surface area (Å²) >= 11 is 1.77. The van der Waals surface area contributed by atoms with Gasteiger partial charge >= 0.3 is 5.69 Å². The second-order valence-corrected chi connectivity index (χ2v) is 6.81. The smallest absolute Gasteiger partial charge is 0.306 e. The van der Waals surface area contributed by atoms with E-state index in [4.69, 9.17) is 0 Å². The highest BCUT2D eigenvalue weighted by molar-refractivity contribution is 14.0. The summed E-state index contributed by atoms with van der Waals surface area (Å²) in [6, 6.07) is 4.24. The van der Waals surface area contributed by atoms with E-state index < -0.39 is 4.92 Å². The number of anilines is 1. The molecule has 27 heavy (non-hydrogen) atoms. The van der Waals surface area contributed by atoms with Gasteiger partial charge in [-0.1, -0.05) is 0 Å². The van der Waals surface area contributed by atoms with Gasteiger partial charge in [-0.05, 0) is 24.4 Å². The lowest BCUT2D eigenvalue weighted by Gasteiger charge is -2.37. The Labute approximate surface area is 179 Å². The lowest BCUT2D eigenvalue weighted by Crippen LogP contribution is -2.52. The zero-order valence-electron chi connectivity index (χ0n) is 15.2. The molecule has 2 aromatic heterocycles. The van der Waals surface area contributed by atoms with Crippen LogP contribution in [0.25, 0.3) is 0 Å². The van der Waals surface area contributed by atoms with Gasteiger partial charge in [0.25, 0.3) is 0 Å². The first-order valence-electron chi connectivity index (χ1n) is 8.66. The number of nitrogens with one attached hydrogen (secondary N) is 1. The summed E-state index contributed by atoms with van der Waals surface area (Å²) in [6.07, 6.45) is 2.70. The summed E-state index contributed by atoms with van der Waals surface area (Å²) in [5.74, 6) is 0.889. The maximum atomic E-state index is 10.7. The molecule has 11 heteroatoms. The number of aromatic nitrogens is 2. The Kier molecular flexibility index (Phi) is 8.28. The molecule has 0 spiro atoms. The van der Waals surface area contributed by atoms with E-state index in [-0.39, 0.29) is 29.7 Å².